The standard InChI is InChI=1S/C12H14F2N2O/c13-9-3-8(4-10(14)5-9)6-15-11-1-2-12(17)16-7-11/h3-5,11,15H,1-2,6-7H2,(H,16,17). The van der Waals surface area contributed by atoms with E-state index in [-0.39, 0.29) is 11.9 Å². The fraction of sp³-hybridized carbons (Fsp3) is 0.417. The highest BCUT2D eigenvalue weighted by Crippen LogP contribution is 2.09. The van der Waals surface area contributed by atoms with Crippen molar-refractivity contribution in [2.24, 2.45) is 0 Å². The largest absolute Gasteiger partial charge is 0.355 e. The summed E-state index contributed by atoms with van der Waals surface area (Å²) in [6, 6.07) is 3.62. The summed E-state index contributed by atoms with van der Waals surface area (Å²) in [7, 11) is 0. The molecule has 1 heterocycles. The normalized spacial score (nSPS) is 20.1. The van der Waals surface area contributed by atoms with Gasteiger partial charge in [0.05, 0.1) is 0 Å². The first kappa shape index (κ1) is 12.0. The number of hydrogen-bond donors (Lipinski definition) is 2. The molecule has 1 aromatic rings. The van der Waals surface area contributed by atoms with E-state index >= 15 is 0 Å². The molecule has 3 nitrogen and oxygen atoms in total. The van der Waals surface area contributed by atoms with Crippen molar-refractivity contribution in [3.8, 4) is 0 Å². The molecule has 17 heavy (non-hydrogen) atoms. The predicted molar refractivity (Wildman–Crippen MR) is 59.2 cm³/mol. The van der Waals surface area contributed by atoms with Gasteiger partial charge in [-0.3, -0.25) is 4.79 Å². The van der Waals surface area contributed by atoms with Gasteiger partial charge >= 0.3 is 0 Å². The number of rotatable bonds is 3. The Kier molecular flexibility index (Phi) is 3.68. The van der Waals surface area contributed by atoms with E-state index in [1.807, 2.05) is 0 Å². The Morgan fingerprint density at radius 1 is 1.29 bits per heavy atom. The summed E-state index contributed by atoms with van der Waals surface area (Å²) < 4.78 is 25.8. The summed E-state index contributed by atoms with van der Waals surface area (Å²) in [5, 5.41) is 5.91. The Balaban J connectivity index is 1.87. The van der Waals surface area contributed by atoms with Gasteiger partial charge in [0.15, 0.2) is 0 Å². The van der Waals surface area contributed by atoms with Crippen molar-refractivity contribution in [2.75, 3.05) is 6.54 Å². The lowest BCUT2D eigenvalue weighted by Crippen LogP contribution is -2.45. The highest BCUT2D eigenvalue weighted by Gasteiger charge is 2.17. The Morgan fingerprint density at radius 2 is 2.00 bits per heavy atom. The second kappa shape index (κ2) is 5.23. The molecule has 2 N–H and O–H groups in total. The van der Waals surface area contributed by atoms with E-state index in [0.717, 1.165) is 12.5 Å². The zero-order chi connectivity index (χ0) is 12.3. The molecule has 1 aliphatic rings. The summed E-state index contributed by atoms with van der Waals surface area (Å²) >= 11 is 0. The number of halogens is 2. The second-order valence-electron chi connectivity index (χ2n) is 4.20. The maximum atomic E-state index is 12.9. The Labute approximate surface area is 98.2 Å². The van der Waals surface area contributed by atoms with Crippen LogP contribution in [0.3, 0.4) is 0 Å². The topological polar surface area (TPSA) is 41.1 Å². The average Bonchev–Trinajstić information content (AvgIpc) is 2.27. The van der Waals surface area contributed by atoms with Crippen LogP contribution in [-0.2, 0) is 11.3 Å². The van der Waals surface area contributed by atoms with Gasteiger partial charge in [0.1, 0.15) is 11.6 Å². The molecule has 1 amide bonds. The quantitative estimate of drug-likeness (QED) is 0.837. The Morgan fingerprint density at radius 3 is 2.59 bits per heavy atom. The molecule has 1 unspecified atom stereocenters. The minimum absolute atomic E-state index is 0.0554. The zero-order valence-electron chi connectivity index (χ0n) is 9.30. The minimum atomic E-state index is -0.571. The number of piperidine rings is 1. The van der Waals surface area contributed by atoms with Crippen LogP contribution < -0.4 is 10.6 Å². The van der Waals surface area contributed by atoms with Crippen molar-refractivity contribution in [3.05, 3.63) is 35.4 Å². The number of carbonyl (C=O) groups excluding carboxylic acids is 1. The first-order chi connectivity index (χ1) is 8.13. The van der Waals surface area contributed by atoms with Gasteiger partial charge in [-0.2, -0.15) is 0 Å². The fourth-order valence-electron chi connectivity index (χ4n) is 1.88. The molecular weight excluding hydrogens is 226 g/mol. The van der Waals surface area contributed by atoms with Crippen LogP contribution in [0.5, 0.6) is 0 Å². The maximum Gasteiger partial charge on any atom is 0.220 e. The summed E-state index contributed by atoms with van der Waals surface area (Å²) in [5.74, 6) is -1.09. The maximum absolute atomic E-state index is 12.9. The molecule has 1 aromatic carbocycles. The third-order valence-corrected chi connectivity index (χ3v) is 2.78. The van der Waals surface area contributed by atoms with Crippen LogP contribution in [0.1, 0.15) is 18.4 Å². The molecule has 0 radical (unpaired) electrons. The van der Waals surface area contributed by atoms with Crippen LogP contribution in [0.25, 0.3) is 0 Å². The molecule has 1 saturated heterocycles. The number of nitrogens with one attached hydrogen (secondary N) is 2. The van der Waals surface area contributed by atoms with Gasteiger partial charge in [-0.1, -0.05) is 0 Å². The summed E-state index contributed by atoms with van der Waals surface area (Å²) in [5.41, 5.74) is 0.569. The molecule has 0 aromatic heterocycles. The van der Waals surface area contributed by atoms with Gasteiger partial charge in [0.25, 0.3) is 0 Å². The van der Waals surface area contributed by atoms with Gasteiger partial charge in [-0.15, -0.1) is 0 Å². The number of carbonyl (C=O) groups is 1. The van der Waals surface area contributed by atoms with Crippen LogP contribution in [-0.4, -0.2) is 18.5 Å². The van der Waals surface area contributed by atoms with E-state index in [9.17, 15) is 13.6 Å². The van der Waals surface area contributed by atoms with E-state index < -0.39 is 11.6 Å². The van der Waals surface area contributed by atoms with Crippen LogP contribution in [0.2, 0.25) is 0 Å². The second-order valence-corrected chi connectivity index (χ2v) is 4.20. The molecule has 92 valence electrons. The monoisotopic (exact) mass is 240 g/mol. The van der Waals surface area contributed by atoms with Crippen LogP contribution in [0.15, 0.2) is 18.2 Å². The minimum Gasteiger partial charge on any atom is -0.355 e. The van der Waals surface area contributed by atoms with Crippen molar-refractivity contribution < 1.29 is 13.6 Å². The first-order valence-corrected chi connectivity index (χ1v) is 5.58. The molecule has 1 atom stereocenters. The molecule has 0 bridgehead atoms. The zero-order valence-corrected chi connectivity index (χ0v) is 9.30. The molecule has 1 fully saturated rings. The lowest BCUT2D eigenvalue weighted by atomic mass is 10.1. The number of hydrogen-bond acceptors (Lipinski definition) is 2. The van der Waals surface area contributed by atoms with E-state index in [4.69, 9.17) is 0 Å². The molecule has 0 spiro atoms. The van der Waals surface area contributed by atoms with Crippen LogP contribution in [0.4, 0.5) is 8.78 Å². The number of benzene rings is 1. The van der Waals surface area contributed by atoms with E-state index in [2.05, 4.69) is 10.6 Å². The smallest absolute Gasteiger partial charge is 0.220 e. The van der Waals surface area contributed by atoms with Crippen LogP contribution >= 0.6 is 0 Å². The van der Waals surface area contributed by atoms with E-state index in [0.29, 0.717) is 25.1 Å². The summed E-state index contributed by atoms with van der Waals surface area (Å²) in [6.45, 7) is 0.964. The Hall–Kier alpha value is -1.49. The third-order valence-electron chi connectivity index (χ3n) is 2.78. The lowest BCUT2D eigenvalue weighted by molar-refractivity contribution is -0.122. The predicted octanol–water partition coefficient (Wildman–Crippen LogP) is 1.33. The van der Waals surface area contributed by atoms with Crippen LogP contribution in [0, 0.1) is 11.6 Å². The van der Waals surface area contributed by atoms with Gasteiger partial charge in [-0.05, 0) is 24.1 Å². The first-order valence-electron chi connectivity index (χ1n) is 5.58. The van der Waals surface area contributed by atoms with Gasteiger partial charge in [0.2, 0.25) is 5.91 Å². The Bertz CT molecular complexity index is 393. The molecule has 1 aliphatic heterocycles. The molecular formula is C12H14F2N2O. The highest BCUT2D eigenvalue weighted by molar-refractivity contribution is 5.76. The van der Waals surface area contributed by atoms with E-state index in [1.165, 1.54) is 12.1 Å². The summed E-state index contributed by atoms with van der Waals surface area (Å²) in [6.07, 6.45) is 1.25. The number of amides is 1. The fourth-order valence-corrected chi connectivity index (χ4v) is 1.88. The van der Waals surface area contributed by atoms with E-state index in [1.54, 1.807) is 0 Å². The van der Waals surface area contributed by atoms with Crippen molar-refractivity contribution in [2.45, 2.75) is 25.4 Å². The summed E-state index contributed by atoms with van der Waals surface area (Å²) in [4.78, 5) is 10.9. The van der Waals surface area contributed by atoms with Gasteiger partial charge < -0.3 is 10.6 Å². The highest BCUT2D eigenvalue weighted by atomic mass is 19.1. The van der Waals surface area contributed by atoms with Crippen molar-refractivity contribution >= 4 is 5.91 Å². The van der Waals surface area contributed by atoms with Crippen molar-refractivity contribution in [1.29, 1.82) is 0 Å². The average molecular weight is 240 g/mol. The van der Waals surface area contributed by atoms with Gasteiger partial charge in [-0.25, -0.2) is 8.78 Å². The molecule has 2 rings (SSSR count). The molecule has 0 saturated carbocycles. The molecule has 5 heteroatoms. The molecule has 0 aliphatic carbocycles. The van der Waals surface area contributed by atoms with Crippen molar-refractivity contribution in [1.82, 2.24) is 10.6 Å². The van der Waals surface area contributed by atoms with Gasteiger partial charge in [0, 0.05) is 31.6 Å². The third kappa shape index (κ3) is 3.49. The SMILES string of the molecule is O=C1CCC(NCc2cc(F)cc(F)c2)CN1. The van der Waals surface area contributed by atoms with Crippen molar-refractivity contribution in [3.63, 3.8) is 0 Å². The lowest BCUT2D eigenvalue weighted by Gasteiger charge is -2.23.